The number of carbonyl (C=O) groups is 1. The number of thiazole rings is 1. The van der Waals surface area contributed by atoms with E-state index in [1.165, 1.54) is 31.2 Å². The summed E-state index contributed by atoms with van der Waals surface area (Å²) in [6.07, 6.45) is 1.47. The molecule has 6 nitrogen and oxygen atoms in total. The number of carbonyl (C=O) groups excluding carboxylic acids is 1. The van der Waals surface area contributed by atoms with E-state index in [4.69, 9.17) is 9.47 Å². The van der Waals surface area contributed by atoms with Gasteiger partial charge in [-0.05, 0) is 30.3 Å². The molecule has 0 unspecified atom stereocenters. The maximum atomic E-state index is 13.9. The summed E-state index contributed by atoms with van der Waals surface area (Å²) in [5.74, 6) is 0.470. The number of rotatable bonds is 9. The molecule has 3 aromatic carbocycles. The molecule has 9 heteroatoms. The third kappa shape index (κ3) is 5.88. The van der Waals surface area contributed by atoms with Gasteiger partial charge in [-0.2, -0.15) is 5.10 Å². The SMILES string of the molecule is COc1cccc(/C=N/NC(=O)CSc2nc3ccccc3s2)c1OCc1ccccc1F. The van der Waals surface area contributed by atoms with E-state index in [0.717, 1.165) is 14.6 Å². The van der Waals surface area contributed by atoms with Gasteiger partial charge in [-0.3, -0.25) is 4.79 Å². The van der Waals surface area contributed by atoms with Gasteiger partial charge >= 0.3 is 0 Å². The van der Waals surface area contributed by atoms with Gasteiger partial charge in [-0.15, -0.1) is 11.3 Å². The molecule has 1 N–H and O–H groups in total. The molecule has 0 bridgehead atoms. The molecular formula is C24H20FN3O3S2. The molecule has 0 radical (unpaired) electrons. The molecule has 0 saturated heterocycles. The van der Waals surface area contributed by atoms with Crippen molar-refractivity contribution in [1.82, 2.24) is 10.4 Å². The number of nitrogens with one attached hydrogen (secondary N) is 1. The van der Waals surface area contributed by atoms with Gasteiger partial charge in [-0.1, -0.05) is 48.2 Å². The third-order valence-corrected chi connectivity index (χ3v) is 6.73. The minimum Gasteiger partial charge on any atom is -0.493 e. The molecule has 0 spiro atoms. The first-order chi connectivity index (χ1) is 16.1. The highest BCUT2D eigenvalue weighted by Gasteiger charge is 2.12. The lowest BCUT2D eigenvalue weighted by molar-refractivity contribution is -0.118. The second kappa shape index (κ2) is 10.9. The van der Waals surface area contributed by atoms with Crippen LogP contribution in [0.25, 0.3) is 10.2 Å². The first-order valence-corrected chi connectivity index (χ1v) is 11.8. The normalized spacial score (nSPS) is 11.1. The molecule has 33 heavy (non-hydrogen) atoms. The number of thioether (sulfide) groups is 1. The van der Waals surface area contributed by atoms with E-state index >= 15 is 0 Å². The summed E-state index contributed by atoms with van der Waals surface area (Å²) >= 11 is 2.91. The summed E-state index contributed by atoms with van der Waals surface area (Å²) < 4.78 is 27.0. The van der Waals surface area contributed by atoms with Crippen LogP contribution in [0.1, 0.15) is 11.1 Å². The molecule has 4 rings (SSSR count). The number of halogens is 1. The average molecular weight is 482 g/mol. The Balaban J connectivity index is 1.37. The van der Waals surface area contributed by atoms with Crippen molar-refractivity contribution < 1.29 is 18.7 Å². The summed E-state index contributed by atoms with van der Waals surface area (Å²) in [5.41, 5.74) is 4.44. The van der Waals surface area contributed by atoms with Crippen molar-refractivity contribution in [2.75, 3.05) is 12.9 Å². The van der Waals surface area contributed by atoms with E-state index in [0.29, 0.717) is 22.6 Å². The maximum Gasteiger partial charge on any atom is 0.250 e. The fourth-order valence-electron chi connectivity index (χ4n) is 2.96. The first-order valence-electron chi connectivity index (χ1n) is 9.97. The number of ether oxygens (including phenoxy) is 2. The van der Waals surface area contributed by atoms with Gasteiger partial charge in [0, 0.05) is 11.1 Å². The second-order valence-corrected chi connectivity index (χ2v) is 9.04. The first kappa shape index (κ1) is 22.8. The number of hydrazone groups is 1. The van der Waals surface area contributed by atoms with Crippen molar-refractivity contribution in [2.24, 2.45) is 5.10 Å². The number of methoxy groups -OCH3 is 1. The molecule has 0 aliphatic carbocycles. The van der Waals surface area contributed by atoms with Crippen LogP contribution in [0.2, 0.25) is 0 Å². The van der Waals surface area contributed by atoms with Crippen LogP contribution in [0.4, 0.5) is 4.39 Å². The minimum absolute atomic E-state index is 0.0268. The Morgan fingerprint density at radius 3 is 2.79 bits per heavy atom. The zero-order valence-electron chi connectivity index (χ0n) is 17.7. The van der Waals surface area contributed by atoms with Crippen molar-refractivity contribution in [3.63, 3.8) is 0 Å². The number of para-hydroxylation sites is 2. The molecule has 168 valence electrons. The van der Waals surface area contributed by atoms with Gasteiger partial charge in [0.2, 0.25) is 0 Å². The van der Waals surface area contributed by atoms with Gasteiger partial charge in [0.25, 0.3) is 5.91 Å². The van der Waals surface area contributed by atoms with E-state index in [9.17, 15) is 9.18 Å². The molecule has 0 saturated carbocycles. The highest BCUT2D eigenvalue weighted by Crippen LogP contribution is 2.31. The summed E-state index contributed by atoms with van der Waals surface area (Å²) in [4.78, 5) is 16.7. The fourth-order valence-corrected chi connectivity index (χ4v) is 4.82. The maximum absolute atomic E-state index is 13.9. The Morgan fingerprint density at radius 2 is 1.97 bits per heavy atom. The molecule has 1 aromatic heterocycles. The topological polar surface area (TPSA) is 72.8 Å². The Kier molecular flexibility index (Phi) is 7.54. The molecule has 0 aliphatic rings. The van der Waals surface area contributed by atoms with Crippen molar-refractivity contribution in [1.29, 1.82) is 0 Å². The Hall–Kier alpha value is -3.43. The van der Waals surface area contributed by atoms with Crippen LogP contribution in [0.5, 0.6) is 11.5 Å². The quantitative estimate of drug-likeness (QED) is 0.200. The minimum atomic E-state index is -0.347. The molecule has 0 aliphatic heterocycles. The van der Waals surface area contributed by atoms with Crippen LogP contribution in [0, 0.1) is 5.82 Å². The molecule has 0 fully saturated rings. The zero-order valence-corrected chi connectivity index (χ0v) is 19.3. The number of amides is 1. The number of hydrogen-bond acceptors (Lipinski definition) is 7. The zero-order chi connectivity index (χ0) is 23.0. The van der Waals surface area contributed by atoms with Crippen molar-refractivity contribution in [3.05, 3.63) is 83.7 Å². The standard InChI is InChI=1S/C24H20FN3O3S2/c1-30-20-11-6-8-16(23(20)31-14-17-7-2-3-9-18(17)25)13-26-28-22(29)15-32-24-27-19-10-4-5-12-21(19)33-24/h2-13H,14-15H2,1H3,(H,28,29)/b26-13+. The molecule has 0 atom stereocenters. The third-order valence-electron chi connectivity index (χ3n) is 4.55. The van der Waals surface area contributed by atoms with Gasteiger partial charge in [0.05, 0.1) is 29.3 Å². The van der Waals surface area contributed by atoms with E-state index in [-0.39, 0.29) is 24.1 Å². The summed E-state index contributed by atoms with van der Waals surface area (Å²) in [7, 11) is 1.52. The number of benzene rings is 3. The van der Waals surface area contributed by atoms with E-state index in [1.54, 1.807) is 47.7 Å². The average Bonchev–Trinajstić information content (AvgIpc) is 3.26. The van der Waals surface area contributed by atoms with Gasteiger partial charge in [0.1, 0.15) is 12.4 Å². The van der Waals surface area contributed by atoms with E-state index < -0.39 is 0 Å². The lowest BCUT2D eigenvalue weighted by Gasteiger charge is -2.13. The molecule has 4 aromatic rings. The summed E-state index contributed by atoms with van der Waals surface area (Å²) in [6.45, 7) is 0.0268. The van der Waals surface area contributed by atoms with Gasteiger partial charge < -0.3 is 9.47 Å². The largest absolute Gasteiger partial charge is 0.493 e. The highest BCUT2D eigenvalue weighted by molar-refractivity contribution is 8.01. The Bertz CT molecular complexity index is 1260. The number of nitrogens with zero attached hydrogens (tertiary/aromatic N) is 2. The fraction of sp³-hybridized carbons (Fsp3) is 0.125. The summed E-state index contributed by atoms with van der Waals surface area (Å²) in [5, 5.41) is 4.04. The number of hydrogen-bond donors (Lipinski definition) is 1. The molecule has 1 amide bonds. The smallest absolute Gasteiger partial charge is 0.250 e. The van der Waals surface area contributed by atoms with Crippen molar-refractivity contribution >= 4 is 45.4 Å². The lowest BCUT2D eigenvalue weighted by atomic mass is 10.2. The number of fused-ring (bicyclic) bond motifs is 1. The van der Waals surface area contributed by atoms with Crippen LogP contribution < -0.4 is 14.9 Å². The second-order valence-electron chi connectivity index (χ2n) is 6.79. The molecule has 1 heterocycles. The Morgan fingerprint density at radius 1 is 1.15 bits per heavy atom. The van der Waals surface area contributed by atoms with Crippen LogP contribution in [0.15, 0.2) is 76.2 Å². The van der Waals surface area contributed by atoms with Crippen molar-refractivity contribution in [2.45, 2.75) is 10.9 Å². The van der Waals surface area contributed by atoms with Crippen LogP contribution in [-0.4, -0.2) is 30.0 Å². The predicted octanol–water partition coefficient (Wildman–Crippen LogP) is 5.27. The van der Waals surface area contributed by atoms with E-state index in [1.807, 2.05) is 24.3 Å². The van der Waals surface area contributed by atoms with Crippen LogP contribution in [0.3, 0.4) is 0 Å². The lowest BCUT2D eigenvalue weighted by Crippen LogP contribution is -2.19. The van der Waals surface area contributed by atoms with Crippen molar-refractivity contribution in [3.8, 4) is 11.5 Å². The van der Waals surface area contributed by atoms with Crippen LogP contribution in [-0.2, 0) is 11.4 Å². The van der Waals surface area contributed by atoms with E-state index in [2.05, 4.69) is 15.5 Å². The van der Waals surface area contributed by atoms with Gasteiger partial charge in [0.15, 0.2) is 15.8 Å². The van der Waals surface area contributed by atoms with Crippen LogP contribution >= 0.6 is 23.1 Å². The highest BCUT2D eigenvalue weighted by atomic mass is 32.2. The molecular weight excluding hydrogens is 461 g/mol. The van der Waals surface area contributed by atoms with Gasteiger partial charge in [-0.25, -0.2) is 14.8 Å². The predicted molar refractivity (Wildman–Crippen MR) is 130 cm³/mol. The monoisotopic (exact) mass is 481 g/mol. The Labute approximate surface area is 198 Å². The summed E-state index contributed by atoms with van der Waals surface area (Å²) in [6, 6.07) is 19.5. The number of aromatic nitrogens is 1.